The highest BCUT2D eigenvalue weighted by Gasteiger charge is 2.42. The monoisotopic (exact) mass is 361 g/mol. The molecule has 2 aromatic rings. The van der Waals surface area contributed by atoms with Gasteiger partial charge in [-0.2, -0.15) is 5.10 Å². The van der Waals surface area contributed by atoms with Crippen molar-refractivity contribution in [3.8, 4) is 5.69 Å². The first kappa shape index (κ1) is 16.4. The molecule has 1 saturated heterocycles. The van der Waals surface area contributed by atoms with Crippen LogP contribution < -0.4 is 10.6 Å². The third-order valence-electron chi connectivity index (χ3n) is 4.93. The van der Waals surface area contributed by atoms with Crippen LogP contribution in [0, 0.1) is 0 Å². The maximum absolute atomic E-state index is 12.2. The second-order valence-corrected chi connectivity index (χ2v) is 7.11. The van der Waals surface area contributed by atoms with E-state index < -0.39 is 0 Å². The molecule has 7 nitrogen and oxygen atoms in total. The van der Waals surface area contributed by atoms with Crippen LogP contribution in [0.3, 0.4) is 0 Å². The Labute approximate surface area is 150 Å². The number of hydrogen-bond acceptors (Lipinski definition) is 4. The number of carbonyl (C=O) groups excluding carboxylic acids is 1. The Morgan fingerprint density at radius 1 is 1.36 bits per heavy atom. The highest BCUT2D eigenvalue weighted by molar-refractivity contribution is 6.32. The topological polar surface area (TPSA) is 81.1 Å². The van der Waals surface area contributed by atoms with E-state index in [1.807, 2.05) is 0 Å². The predicted molar refractivity (Wildman–Crippen MR) is 94.1 cm³/mol. The molecule has 2 heterocycles. The zero-order valence-electron chi connectivity index (χ0n) is 13.7. The van der Waals surface area contributed by atoms with Crippen LogP contribution in [-0.2, 0) is 4.74 Å². The number of anilines is 1. The van der Waals surface area contributed by atoms with E-state index in [0.717, 1.165) is 19.3 Å². The summed E-state index contributed by atoms with van der Waals surface area (Å²) >= 11 is 6.28. The van der Waals surface area contributed by atoms with Gasteiger partial charge in [0.25, 0.3) is 0 Å². The van der Waals surface area contributed by atoms with Crippen molar-refractivity contribution in [3.05, 3.63) is 35.9 Å². The summed E-state index contributed by atoms with van der Waals surface area (Å²) in [5.41, 5.74) is 1.33. The smallest absolute Gasteiger partial charge is 0.319 e. The van der Waals surface area contributed by atoms with Crippen molar-refractivity contribution in [2.24, 2.45) is 0 Å². The van der Waals surface area contributed by atoms with E-state index in [1.54, 1.807) is 29.2 Å². The van der Waals surface area contributed by atoms with Gasteiger partial charge in [-0.1, -0.05) is 24.4 Å². The summed E-state index contributed by atoms with van der Waals surface area (Å²) in [6, 6.07) is 5.09. The standard InChI is InChI=1S/C17H20ClN5O2/c18-14-7-12(3-4-15(14)23-11-19-10-20-23)21-16(24)22-13-8-17(25-9-13)5-1-2-6-17/h3-4,7,10-11,13H,1-2,5-6,8-9H2,(H2,21,22,24). The summed E-state index contributed by atoms with van der Waals surface area (Å²) in [6.07, 6.45) is 8.55. The van der Waals surface area contributed by atoms with Crippen molar-refractivity contribution >= 4 is 23.3 Å². The summed E-state index contributed by atoms with van der Waals surface area (Å²) in [6.45, 7) is 0.583. The van der Waals surface area contributed by atoms with Crippen LogP contribution >= 0.6 is 11.6 Å². The van der Waals surface area contributed by atoms with E-state index in [9.17, 15) is 4.79 Å². The van der Waals surface area contributed by atoms with Gasteiger partial charge in [0.2, 0.25) is 0 Å². The minimum absolute atomic E-state index is 0.000697. The van der Waals surface area contributed by atoms with Gasteiger partial charge in [0.05, 0.1) is 29.0 Å². The van der Waals surface area contributed by atoms with Crippen LogP contribution in [0.1, 0.15) is 32.1 Å². The second kappa shape index (κ2) is 6.65. The Kier molecular flexibility index (Phi) is 4.35. The average Bonchev–Trinajstić information content (AvgIpc) is 3.32. The Hall–Kier alpha value is -2.12. The molecule has 0 radical (unpaired) electrons. The molecule has 2 amide bonds. The Morgan fingerprint density at radius 2 is 2.20 bits per heavy atom. The molecular weight excluding hydrogens is 342 g/mol. The molecule has 0 bridgehead atoms. The van der Waals surface area contributed by atoms with E-state index in [0.29, 0.717) is 23.0 Å². The first-order valence-electron chi connectivity index (χ1n) is 8.50. The van der Waals surface area contributed by atoms with Gasteiger partial charge in [-0.05, 0) is 37.5 Å². The highest BCUT2D eigenvalue weighted by Crippen LogP contribution is 2.40. The largest absolute Gasteiger partial charge is 0.373 e. The van der Waals surface area contributed by atoms with Gasteiger partial charge < -0.3 is 15.4 Å². The van der Waals surface area contributed by atoms with Crippen molar-refractivity contribution in [2.45, 2.75) is 43.7 Å². The molecule has 1 atom stereocenters. The molecule has 1 aromatic carbocycles. The van der Waals surface area contributed by atoms with Crippen molar-refractivity contribution < 1.29 is 9.53 Å². The Morgan fingerprint density at radius 3 is 2.92 bits per heavy atom. The van der Waals surface area contributed by atoms with Crippen molar-refractivity contribution in [2.75, 3.05) is 11.9 Å². The van der Waals surface area contributed by atoms with E-state index in [2.05, 4.69) is 20.7 Å². The second-order valence-electron chi connectivity index (χ2n) is 6.71. The first-order chi connectivity index (χ1) is 12.1. The Bertz CT molecular complexity index is 758. The van der Waals surface area contributed by atoms with Gasteiger partial charge in [-0.25, -0.2) is 14.5 Å². The van der Waals surface area contributed by atoms with E-state index in [1.165, 1.54) is 19.2 Å². The SMILES string of the molecule is O=C(Nc1ccc(-n2cncn2)c(Cl)c1)NC1COC2(CCCC2)C1. The van der Waals surface area contributed by atoms with Crippen molar-refractivity contribution in [3.63, 3.8) is 0 Å². The average molecular weight is 362 g/mol. The van der Waals surface area contributed by atoms with Crippen molar-refractivity contribution in [1.29, 1.82) is 0 Å². The number of carbonyl (C=O) groups is 1. The summed E-state index contributed by atoms with van der Waals surface area (Å²) in [4.78, 5) is 16.1. The first-order valence-corrected chi connectivity index (χ1v) is 8.87. The fourth-order valence-corrected chi connectivity index (χ4v) is 4.03. The van der Waals surface area contributed by atoms with Crippen LogP contribution in [0.25, 0.3) is 5.69 Å². The lowest BCUT2D eigenvalue weighted by Crippen LogP contribution is -2.39. The maximum atomic E-state index is 12.2. The molecule has 1 saturated carbocycles. The fourth-order valence-electron chi connectivity index (χ4n) is 3.76. The lowest BCUT2D eigenvalue weighted by molar-refractivity contribution is 0.00998. The van der Waals surface area contributed by atoms with Gasteiger partial charge in [0.1, 0.15) is 12.7 Å². The lowest BCUT2D eigenvalue weighted by Gasteiger charge is -2.21. The third-order valence-corrected chi connectivity index (χ3v) is 5.23. The highest BCUT2D eigenvalue weighted by atomic mass is 35.5. The van der Waals surface area contributed by atoms with E-state index in [-0.39, 0.29) is 17.7 Å². The number of halogens is 1. The van der Waals surface area contributed by atoms with Gasteiger partial charge in [-0.15, -0.1) is 0 Å². The maximum Gasteiger partial charge on any atom is 0.319 e. The van der Waals surface area contributed by atoms with Crippen LogP contribution in [-0.4, -0.2) is 39.0 Å². The Balaban J connectivity index is 1.36. The number of nitrogens with zero attached hydrogens (tertiary/aromatic N) is 3. The number of nitrogens with one attached hydrogen (secondary N) is 2. The van der Waals surface area contributed by atoms with Gasteiger partial charge in [0.15, 0.2) is 0 Å². The summed E-state index contributed by atoms with van der Waals surface area (Å²) in [5, 5.41) is 10.4. The quantitative estimate of drug-likeness (QED) is 0.880. The van der Waals surface area contributed by atoms with Gasteiger partial charge in [0, 0.05) is 5.69 Å². The minimum atomic E-state index is -0.242. The molecule has 2 N–H and O–H groups in total. The van der Waals surface area contributed by atoms with Crippen molar-refractivity contribution in [1.82, 2.24) is 20.1 Å². The van der Waals surface area contributed by atoms with E-state index >= 15 is 0 Å². The van der Waals surface area contributed by atoms with Gasteiger partial charge >= 0.3 is 6.03 Å². The molecule has 4 rings (SSSR count). The van der Waals surface area contributed by atoms with E-state index in [4.69, 9.17) is 16.3 Å². The molecule has 132 valence electrons. The molecular formula is C17H20ClN5O2. The molecule has 1 unspecified atom stereocenters. The molecule has 1 spiro atoms. The number of ether oxygens (including phenoxy) is 1. The molecule has 2 aliphatic rings. The zero-order valence-corrected chi connectivity index (χ0v) is 14.5. The number of hydrogen-bond donors (Lipinski definition) is 2. The zero-order chi connectivity index (χ0) is 17.3. The fraction of sp³-hybridized carbons (Fsp3) is 0.471. The number of aromatic nitrogens is 3. The molecule has 1 aliphatic carbocycles. The summed E-state index contributed by atoms with van der Waals surface area (Å²) < 4.78 is 7.53. The predicted octanol–water partition coefficient (Wildman–Crippen LogP) is 3.14. The van der Waals surface area contributed by atoms with Crippen LogP contribution in [0.5, 0.6) is 0 Å². The van der Waals surface area contributed by atoms with Crippen LogP contribution in [0.15, 0.2) is 30.9 Å². The number of amides is 2. The van der Waals surface area contributed by atoms with Crippen LogP contribution in [0.2, 0.25) is 5.02 Å². The lowest BCUT2D eigenvalue weighted by atomic mass is 9.96. The molecule has 2 fully saturated rings. The van der Waals surface area contributed by atoms with Crippen LogP contribution in [0.4, 0.5) is 10.5 Å². The molecule has 8 heteroatoms. The number of rotatable bonds is 3. The molecule has 1 aromatic heterocycles. The molecule has 25 heavy (non-hydrogen) atoms. The number of benzene rings is 1. The normalized spacial score (nSPS) is 21.6. The number of urea groups is 1. The summed E-state index contributed by atoms with van der Waals surface area (Å²) in [7, 11) is 0. The molecule has 1 aliphatic heterocycles. The summed E-state index contributed by atoms with van der Waals surface area (Å²) in [5.74, 6) is 0. The third kappa shape index (κ3) is 3.48. The van der Waals surface area contributed by atoms with Gasteiger partial charge in [-0.3, -0.25) is 0 Å². The minimum Gasteiger partial charge on any atom is -0.373 e.